The van der Waals surface area contributed by atoms with E-state index in [4.69, 9.17) is 23.7 Å². The fourth-order valence-corrected chi connectivity index (χ4v) is 4.07. The van der Waals surface area contributed by atoms with Crippen molar-refractivity contribution in [2.75, 3.05) is 13.7 Å². The lowest BCUT2D eigenvalue weighted by molar-refractivity contribution is -0.311. The van der Waals surface area contributed by atoms with Crippen molar-refractivity contribution in [3.05, 3.63) is 108 Å². The molecule has 4 rings (SSSR count). The molecule has 3 aromatic carbocycles. The van der Waals surface area contributed by atoms with Gasteiger partial charge >= 0.3 is 0 Å². The molecule has 1 heterocycles. The topological polar surface area (TPSA) is 66.4 Å². The standard InChI is InChI=1S/C28H32O6/c1-30-27-26(33-19-23-15-9-4-10-16-23)25(32-18-22-13-7-3-8-14-22)24(34-28(27)29)20-31-17-21-11-5-2-6-12-21/h2-16,24-29H,17-20H2,1H3/t24-,25+,26+,27-,28-/m1/s1. The van der Waals surface area contributed by atoms with Crippen molar-refractivity contribution in [1.29, 1.82) is 0 Å². The molecule has 1 saturated heterocycles. The molecule has 0 bridgehead atoms. The minimum atomic E-state index is -1.16. The Morgan fingerprint density at radius 3 is 1.62 bits per heavy atom. The summed E-state index contributed by atoms with van der Waals surface area (Å²) >= 11 is 0. The number of hydrogen-bond donors (Lipinski definition) is 1. The van der Waals surface area contributed by atoms with E-state index in [1.165, 1.54) is 7.11 Å². The molecule has 180 valence electrons. The lowest BCUT2D eigenvalue weighted by Gasteiger charge is -2.44. The molecule has 0 aromatic heterocycles. The monoisotopic (exact) mass is 464 g/mol. The van der Waals surface area contributed by atoms with E-state index in [2.05, 4.69) is 0 Å². The van der Waals surface area contributed by atoms with Crippen LogP contribution in [0.2, 0.25) is 0 Å². The third kappa shape index (κ3) is 6.73. The van der Waals surface area contributed by atoms with Crippen LogP contribution in [0.25, 0.3) is 0 Å². The highest BCUT2D eigenvalue weighted by Gasteiger charge is 2.47. The van der Waals surface area contributed by atoms with Crippen LogP contribution in [0.3, 0.4) is 0 Å². The zero-order valence-electron chi connectivity index (χ0n) is 19.4. The Kier molecular flexibility index (Phi) is 9.21. The summed E-state index contributed by atoms with van der Waals surface area (Å²) in [6, 6.07) is 29.8. The molecule has 0 aliphatic carbocycles. The number of aliphatic hydroxyl groups is 1. The predicted molar refractivity (Wildman–Crippen MR) is 128 cm³/mol. The molecular formula is C28H32O6. The fraction of sp³-hybridized carbons (Fsp3) is 0.357. The molecule has 34 heavy (non-hydrogen) atoms. The maximum Gasteiger partial charge on any atom is 0.184 e. The van der Waals surface area contributed by atoms with Crippen molar-refractivity contribution in [3.8, 4) is 0 Å². The van der Waals surface area contributed by atoms with Crippen LogP contribution in [-0.4, -0.2) is 49.5 Å². The van der Waals surface area contributed by atoms with Crippen molar-refractivity contribution in [1.82, 2.24) is 0 Å². The van der Waals surface area contributed by atoms with Gasteiger partial charge in [0.2, 0.25) is 0 Å². The highest BCUT2D eigenvalue weighted by molar-refractivity contribution is 5.15. The Labute approximate surface area is 201 Å². The van der Waals surface area contributed by atoms with Gasteiger partial charge in [0.15, 0.2) is 6.29 Å². The van der Waals surface area contributed by atoms with E-state index in [1.807, 2.05) is 91.0 Å². The first-order valence-electron chi connectivity index (χ1n) is 11.5. The molecular weight excluding hydrogens is 432 g/mol. The number of hydrogen-bond acceptors (Lipinski definition) is 6. The van der Waals surface area contributed by atoms with Gasteiger partial charge in [-0.2, -0.15) is 0 Å². The second-order valence-electron chi connectivity index (χ2n) is 8.29. The molecule has 5 atom stereocenters. The SMILES string of the molecule is CO[C@@H]1[C@@H](OCc2ccccc2)[C@@H](OCc2ccccc2)[C@@H](COCc2ccccc2)O[C@H]1O. The zero-order chi connectivity index (χ0) is 23.6. The van der Waals surface area contributed by atoms with Crippen molar-refractivity contribution in [2.24, 2.45) is 0 Å². The van der Waals surface area contributed by atoms with Gasteiger partial charge in [-0.3, -0.25) is 0 Å². The molecule has 0 unspecified atom stereocenters. The van der Waals surface area contributed by atoms with Crippen LogP contribution in [0.1, 0.15) is 16.7 Å². The molecule has 1 fully saturated rings. The van der Waals surface area contributed by atoms with Gasteiger partial charge in [0, 0.05) is 7.11 Å². The summed E-state index contributed by atoms with van der Waals surface area (Å²) in [5.74, 6) is 0. The zero-order valence-corrected chi connectivity index (χ0v) is 19.4. The average molecular weight is 465 g/mol. The molecule has 3 aromatic rings. The Balaban J connectivity index is 1.49. The van der Waals surface area contributed by atoms with Gasteiger partial charge in [0.05, 0.1) is 26.4 Å². The minimum absolute atomic E-state index is 0.243. The van der Waals surface area contributed by atoms with E-state index in [0.29, 0.717) is 19.8 Å². The summed E-state index contributed by atoms with van der Waals surface area (Å²) in [5.41, 5.74) is 3.12. The third-order valence-corrected chi connectivity index (χ3v) is 5.85. The molecule has 1 aliphatic heterocycles. The molecule has 6 nitrogen and oxygen atoms in total. The molecule has 0 spiro atoms. The Morgan fingerprint density at radius 1 is 0.647 bits per heavy atom. The van der Waals surface area contributed by atoms with Gasteiger partial charge < -0.3 is 28.8 Å². The van der Waals surface area contributed by atoms with Gasteiger partial charge in [-0.15, -0.1) is 0 Å². The third-order valence-electron chi connectivity index (χ3n) is 5.85. The summed E-state index contributed by atoms with van der Waals surface area (Å²) < 4.78 is 30.1. The molecule has 0 radical (unpaired) electrons. The first-order chi connectivity index (χ1) is 16.7. The van der Waals surface area contributed by atoms with Crippen LogP contribution >= 0.6 is 0 Å². The highest BCUT2D eigenvalue weighted by atomic mass is 16.7. The van der Waals surface area contributed by atoms with Crippen LogP contribution in [0.5, 0.6) is 0 Å². The number of aliphatic hydroxyl groups excluding tert-OH is 1. The van der Waals surface area contributed by atoms with E-state index in [0.717, 1.165) is 16.7 Å². The largest absolute Gasteiger partial charge is 0.374 e. The van der Waals surface area contributed by atoms with Crippen molar-refractivity contribution < 1.29 is 28.8 Å². The first-order valence-corrected chi connectivity index (χ1v) is 11.5. The second-order valence-corrected chi connectivity index (χ2v) is 8.29. The van der Waals surface area contributed by atoms with Gasteiger partial charge in [0.25, 0.3) is 0 Å². The van der Waals surface area contributed by atoms with E-state index in [1.54, 1.807) is 0 Å². The summed E-state index contributed by atoms with van der Waals surface area (Å²) in [6.45, 7) is 1.42. The lowest BCUT2D eigenvalue weighted by Crippen LogP contribution is -2.61. The minimum Gasteiger partial charge on any atom is -0.374 e. The van der Waals surface area contributed by atoms with Gasteiger partial charge in [0.1, 0.15) is 24.4 Å². The maximum atomic E-state index is 10.7. The first kappa shape index (κ1) is 24.5. The summed E-state index contributed by atoms with van der Waals surface area (Å²) in [6.07, 6.45) is -3.45. The van der Waals surface area contributed by atoms with Gasteiger partial charge in [-0.05, 0) is 16.7 Å². The van der Waals surface area contributed by atoms with E-state index < -0.39 is 30.7 Å². The Morgan fingerprint density at radius 2 is 1.12 bits per heavy atom. The van der Waals surface area contributed by atoms with E-state index in [-0.39, 0.29) is 6.61 Å². The highest BCUT2D eigenvalue weighted by Crippen LogP contribution is 2.29. The van der Waals surface area contributed by atoms with Crippen LogP contribution in [0.15, 0.2) is 91.0 Å². The molecule has 6 heteroatoms. The quantitative estimate of drug-likeness (QED) is 0.461. The van der Waals surface area contributed by atoms with Crippen molar-refractivity contribution in [2.45, 2.75) is 50.5 Å². The Hall–Kier alpha value is -2.58. The number of benzene rings is 3. The molecule has 1 N–H and O–H groups in total. The van der Waals surface area contributed by atoms with Crippen LogP contribution in [-0.2, 0) is 43.5 Å². The lowest BCUT2D eigenvalue weighted by atomic mass is 9.98. The van der Waals surface area contributed by atoms with Crippen LogP contribution in [0.4, 0.5) is 0 Å². The fourth-order valence-electron chi connectivity index (χ4n) is 4.07. The molecule has 1 aliphatic rings. The molecule has 0 saturated carbocycles. The van der Waals surface area contributed by atoms with E-state index in [9.17, 15) is 5.11 Å². The number of rotatable bonds is 11. The normalized spacial score (nSPS) is 24.7. The Bertz CT molecular complexity index is 952. The van der Waals surface area contributed by atoms with Crippen molar-refractivity contribution >= 4 is 0 Å². The number of methoxy groups -OCH3 is 1. The molecule has 0 amide bonds. The maximum absolute atomic E-state index is 10.7. The average Bonchev–Trinajstić information content (AvgIpc) is 2.88. The number of ether oxygens (including phenoxy) is 5. The van der Waals surface area contributed by atoms with Gasteiger partial charge in [-0.1, -0.05) is 91.0 Å². The summed E-state index contributed by atoms with van der Waals surface area (Å²) in [5, 5.41) is 10.7. The summed E-state index contributed by atoms with van der Waals surface area (Å²) in [4.78, 5) is 0. The van der Waals surface area contributed by atoms with Gasteiger partial charge in [-0.25, -0.2) is 0 Å². The predicted octanol–water partition coefficient (Wildman–Crippen LogP) is 4.11. The van der Waals surface area contributed by atoms with E-state index >= 15 is 0 Å². The van der Waals surface area contributed by atoms with Crippen LogP contribution in [0, 0.1) is 0 Å². The smallest absolute Gasteiger partial charge is 0.184 e. The van der Waals surface area contributed by atoms with Crippen molar-refractivity contribution in [3.63, 3.8) is 0 Å². The summed E-state index contributed by atoms with van der Waals surface area (Å²) in [7, 11) is 1.54. The second kappa shape index (κ2) is 12.8. The van der Waals surface area contributed by atoms with Crippen LogP contribution < -0.4 is 0 Å².